The lowest BCUT2D eigenvalue weighted by Crippen LogP contribution is -2.03. The van der Waals surface area contributed by atoms with E-state index < -0.39 is 24.9 Å². The van der Waals surface area contributed by atoms with Gasteiger partial charge in [0.1, 0.15) is 45.1 Å². The zero-order chi connectivity index (χ0) is 40.2. The zero-order valence-corrected chi connectivity index (χ0v) is 32.2. The van der Waals surface area contributed by atoms with Crippen molar-refractivity contribution in [1.29, 1.82) is 0 Å². The van der Waals surface area contributed by atoms with Gasteiger partial charge in [-0.25, -0.2) is 8.42 Å². The first-order chi connectivity index (χ1) is 27.3. The predicted octanol–water partition coefficient (Wildman–Crippen LogP) is 10.4. The molecule has 0 bridgehead atoms. The standard InChI is InChI=1S/C45H34O10S2/c1-30-3-24-41(25-4-30)56(47,48)42-26-22-39(23-27-42)54-36-12-5-31(6-13-36)34-11-28-43(44(29-34)57(49,50)51)55-40-16-9-33(10-17-40)45(46)32-7-14-37(15-8-32)53-38-20-18-35(52-2)19-21-38/h3-29H,1-2H3,(H,49,50,51). The Kier molecular flexibility index (Phi) is 10.9. The molecule has 7 rings (SSSR count). The second-order valence-electron chi connectivity index (χ2n) is 12.8. The molecule has 0 saturated heterocycles. The topological polar surface area (TPSA) is 142 Å². The number of ketones is 1. The van der Waals surface area contributed by atoms with E-state index in [0.717, 1.165) is 5.56 Å². The summed E-state index contributed by atoms with van der Waals surface area (Å²) < 4.78 is 83.9. The number of carbonyl (C=O) groups excluding carboxylic acids is 1. The number of benzene rings is 7. The van der Waals surface area contributed by atoms with Crippen LogP contribution in [0.15, 0.2) is 178 Å². The molecule has 0 heterocycles. The van der Waals surface area contributed by atoms with Gasteiger partial charge in [-0.3, -0.25) is 9.35 Å². The zero-order valence-electron chi connectivity index (χ0n) is 30.5. The summed E-state index contributed by atoms with van der Waals surface area (Å²) in [7, 11) is -6.81. The Labute approximate surface area is 330 Å². The Bertz CT molecular complexity index is 2750. The van der Waals surface area contributed by atoms with E-state index in [0.29, 0.717) is 51.0 Å². The van der Waals surface area contributed by atoms with E-state index in [4.69, 9.17) is 18.9 Å². The summed E-state index contributed by atoms with van der Waals surface area (Å²) in [6, 6.07) is 43.9. The van der Waals surface area contributed by atoms with Gasteiger partial charge in [-0.1, -0.05) is 35.9 Å². The number of rotatable bonds is 13. The van der Waals surface area contributed by atoms with Gasteiger partial charge in [-0.2, -0.15) is 8.42 Å². The first-order valence-corrected chi connectivity index (χ1v) is 20.3. The van der Waals surface area contributed by atoms with Crippen LogP contribution in [0.1, 0.15) is 21.5 Å². The highest BCUT2D eigenvalue weighted by Gasteiger charge is 2.20. The highest BCUT2D eigenvalue weighted by Crippen LogP contribution is 2.35. The van der Waals surface area contributed by atoms with Crippen LogP contribution in [0.5, 0.6) is 40.2 Å². The molecule has 12 heteroatoms. The third kappa shape index (κ3) is 9.05. The molecule has 0 unspecified atom stereocenters. The van der Waals surface area contributed by atoms with Gasteiger partial charge < -0.3 is 18.9 Å². The minimum atomic E-state index is -4.71. The monoisotopic (exact) mass is 798 g/mol. The summed E-state index contributed by atoms with van der Waals surface area (Å²) in [5.74, 6) is 2.66. The summed E-state index contributed by atoms with van der Waals surface area (Å²) in [6.07, 6.45) is 0. The van der Waals surface area contributed by atoms with Gasteiger partial charge in [0.05, 0.1) is 16.9 Å². The van der Waals surface area contributed by atoms with E-state index in [2.05, 4.69) is 0 Å². The van der Waals surface area contributed by atoms with Crippen molar-refractivity contribution in [2.75, 3.05) is 7.11 Å². The molecule has 0 atom stereocenters. The molecule has 0 aliphatic heterocycles. The molecule has 0 amide bonds. The third-order valence-corrected chi connectivity index (χ3v) is 11.5. The fraction of sp³-hybridized carbons (Fsp3) is 0.0444. The Morgan fingerprint density at radius 2 is 0.860 bits per heavy atom. The van der Waals surface area contributed by atoms with Gasteiger partial charge in [-0.05, 0) is 152 Å². The van der Waals surface area contributed by atoms with E-state index in [1.165, 1.54) is 36.4 Å². The molecule has 0 aromatic heterocycles. The largest absolute Gasteiger partial charge is 0.497 e. The first-order valence-electron chi connectivity index (χ1n) is 17.4. The Balaban J connectivity index is 1.00. The summed E-state index contributed by atoms with van der Waals surface area (Å²) in [6.45, 7) is 1.88. The second kappa shape index (κ2) is 16.2. The summed E-state index contributed by atoms with van der Waals surface area (Å²) in [5.41, 5.74) is 2.89. The Morgan fingerprint density at radius 1 is 0.474 bits per heavy atom. The number of hydrogen-bond acceptors (Lipinski definition) is 9. The Morgan fingerprint density at radius 3 is 1.33 bits per heavy atom. The van der Waals surface area contributed by atoms with Crippen LogP contribution in [0, 0.1) is 6.92 Å². The van der Waals surface area contributed by atoms with Crippen molar-refractivity contribution >= 4 is 25.7 Å². The van der Waals surface area contributed by atoms with Gasteiger partial charge in [0.15, 0.2) is 5.78 Å². The predicted molar refractivity (Wildman–Crippen MR) is 214 cm³/mol. The Hall–Kier alpha value is -6.73. The van der Waals surface area contributed by atoms with Crippen LogP contribution in [0.4, 0.5) is 0 Å². The number of hydrogen-bond donors (Lipinski definition) is 1. The maximum absolute atomic E-state index is 13.2. The molecule has 0 aliphatic carbocycles. The molecular formula is C45H34O10S2. The van der Waals surface area contributed by atoms with Crippen molar-refractivity contribution in [3.63, 3.8) is 0 Å². The molecule has 0 aliphatic rings. The average Bonchev–Trinajstić information content (AvgIpc) is 3.22. The smallest absolute Gasteiger partial charge is 0.298 e. The van der Waals surface area contributed by atoms with Gasteiger partial charge in [0.2, 0.25) is 9.84 Å². The molecule has 0 saturated carbocycles. The lowest BCUT2D eigenvalue weighted by atomic mass is 10.0. The molecule has 286 valence electrons. The number of sulfone groups is 1. The molecule has 0 spiro atoms. The molecule has 7 aromatic carbocycles. The van der Waals surface area contributed by atoms with Crippen LogP contribution in [-0.2, 0) is 20.0 Å². The molecule has 0 radical (unpaired) electrons. The van der Waals surface area contributed by atoms with E-state index in [-0.39, 0.29) is 27.1 Å². The van der Waals surface area contributed by atoms with Crippen LogP contribution in [0.3, 0.4) is 0 Å². The van der Waals surface area contributed by atoms with Crippen LogP contribution >= 0.6 is 0 Å². The second-order valence-corrected chi connectivity index (χ2v) is 16.1. The summed E-state index contributed by atoms with van der Waals surface area (Å²) >= 11 is 0. The number of methoxy groups -OCH3 is 1. The van der Waals surface area contributed by atoms with Gasteiger partial charge in [0.25, 0.3) is 10.1 Å². The van der Waals surface area contributed by atoms with E-state index in [1.54, 1.807) is 135 Å². The maximum Gasteiger partial charge on any atom is 0.298 e. The average molecular weight is 799 g/mol. The van der Waals surface area contributed by atoms with Crippen LogP contribution in [-0.4, -0.2) is 34.3 Å². The van der Waals surface area contributed by atoms with E-state index in [9.17, 15) is 26.2 Å². The number of carbonyl (C=O) groups is 1. The van der Waals surface area contributed by atoms with Crippen LogP contribution < -0.4 is 18.9 Å². The summed E-state index contributed by atoms with van der Waals surface area (Å²) in [5, 5.41) is 0. The van der Waals surface area contributed by atoms with Crippen molar-refractivity contribution in [1.82, 2.24) is 0 Å². The van der Waals surface area contributed by atoms with Crippen molar-refractivity contribution in [3.05, 3.63) is 180 Å². The lowest BCUT2D eigenvalue weighted by molar-refractivity contribution is 0.103. The molecule has 10 nitrogen and oxygen atoms in total. The molecule has 7 aromatic rings. The highest BCUT2D eigenvalue weighted by molar-refractivity contribution is 7.91. The van der Waals surface area contributed by atoms with Gasteiger partial charge in [-0.15, -0.1) is 0 Å². The van der Waals surface area contributed by atoms with Gasteiger partial charge in [0, 0.05) is 11.1 Å². The normalized spacial score (nSPS) is 11.4. The minimum absolute atomic E-state index is 0.111. The van der Waals surface area contributed by atoms with E-state index in [1.807, 2.05) is 6.92 Å². The lowest BCUT2D eigenvalue weighted by Gasteiger charge is -2.13. The quantitative estimate of drug-likeness (QED) is 0.0884. The molecule has 57 heavy (non-hydrogen) atoms. The third-order valence-electron chi connectivity index (χ3n) is 8.87. The SMILES string of the molecule is COc1ccc(Oc2ccc(C(=O)c3ccc(Oc4ccc(-c5ccc(Oc6ccc(S(=O)(=O)c7ccc(C)cc7)cc6)cc5)cc4S(=O)(=O)O)cc3)cc2)cc1. The van der Waals surface area contributed by atoms with Crippen molar-refractivity contribution < 1.29 is 45.1 Å². The maximum atomic E-state index is 13.2. The molecule has 1 N–H and O–H groups in total. The van der Waals surface area contributed by atoms with Crippen molar-refractivity contribution in [2.45, 2.75) is 21.6 Å². The first kappa shape index (κ1) is 38.5. The van der Waals surface area contributed by atoms with Crippen molar-refractivity contribution in [2.24, 2.45) is 0 Å². The van der Waals surface area contributed by atoms with Crippen LogP contribution in [0.2, 0.25) is 0 Å². The van der Waals surface area contributed by atoms with Gasteiger partial charge >= 0.3 is 0 Å². The minimum Gasteiger partial charge on any atom is -0.497 e. The summed E-state index contributed by atoms with van der Waals surface area (Å²) in [4.78, 5) is 13.1. The number of ether oxygens (including phenoxy) is 4. The van der Waals surface area contributed by atoms with Crippen molar-refractivity contribution in [3.8, 4) is 51.4 Å². The fourth-order valence-corrected chi connectivity index (χ4v) is 7.69. The van der Waals surface area contributed by atoms with E-state index >= 15 is 0 Å². The highest BCUT2D eigenvalue weighted by atomic mass is 32.2. The van der Waals surface area contributed by atoms with Crippen LogP contribution in [0.25, 0.3) is 11.1 Å². The number of aryl methyl sites for hydroxylation is 1. The molecular weight excluding hydrogens is 765 g/mol. The fourth-order valence-electron chi connectivity index (χ4n) is 5.79. The molecule has 0 fully saturated rings.